The molecule has 6 heteroatoms. The molecule has 0 aliphatic carbocycles. The van der Waals surface area contributed by atoms with E-state index in [0.717, 1.165) is 16.5 Å². The van der Waals surface area contributed by atoms with Gasteiger partial charge in [0.15, 0.2) is 0 Å². The highest BCUT2D eigenvalue weighted by atomic mass is 16.5. The van der Waals surface area contributed by atoms with Gasteiger partial charge in [-0.25, -0.2) is 0 Å². The van der Waals surface area contributed by atoms with Gasteiger partial charge in [-0.3, -0.25) is 9.97 Å². The summed E-state index contributed by atoms with van der Waals surface area (Å²) in [6.45, 7) is 2.04. The summed E-state index contributed by atoms with van der Waals surface area (Å²) in [6.07, 6.45) is 3.38. The molecule has 3 aromatic carbocycles. The van der Waals surface area contributed by atoms with E-state index in [-0.39, 0.29) is 5.75 Å². The van der Waals surface area contributed by atoms with Gasteiger partial charge >= 0.3 is 0 Å². The average molecular weight is 409 g/mol. The quantitative estimate of drug-likeness (QED) is 0.216. The number of ether oxygens (including phenoxy) is 2. The Labute approximate surface area is 178 Å². The van der Waals surface area contributed by atoms with E-state index in [1.165, 1.54) is 11.6 Å². The molecule has 0 atom stereocenters. The number of benzene rings is 3. The molecule has 0 bridgehead atoms. The maximum Gasteiger partial charge on any atom is 0.142 e. The number of phenolic OH excluding ortho intramolecular Hbond substituents is 1. The van der Waals surface area contributed by atoms with E-state index in [1.807, 2.05) is 49.4 Å². The SMILES string of the molecule is Cc1ccc(Oc2ccnc3c2ccc2c(Oc4ccc(N)c(O)c4)ccnc23)cc1. The van der Waals surface area contributed by atoms with E-state index in [4.69, 9.17) is 15.2 Å². The van der Waals surface area contributed by atoms with Crippen molar-refractivity contribution in [3.8, 4) is 28.7 Å². The molecule has 0 fully saturated rings. The van der Waals surface area contributed by atoms with Crippen molar-refractivity contribution in [3.05, 3.63) is 84.7 Å². The number of nitrogens with zero attached hydrogens (tertiary/aromatic N) is 2. The number of nitrogens with two attached hydrogens (primary N) is 1. The van der Waals surface area contributed by atoms with Crippen LogP contribution in [0.4, 0.5) is 5.69 Å². The Morgan fingerprint density at radius 1 is 0.710 bits per heavy atom. The van der Waals surface area contributed by atoms with E-state index in [1.54, 1.807) is 30.6 Å². The van der Waals surface area contributed by atoms with Crippen LogP contribution in [0.3, 0.4) is 0 Å². The fraction of sp³-hybridized carbons (Fsp3) is 0.0400. The highest BCUT2D eigenvalue weighted by Gasteiger charge is 2.13. The molecule has 3 N–H and O–H groups in total. The van der Waals surface area contributed by atoms with Gasteiger partial charge in [-0.15, -0.1) is 0 Å². The largest absolute Gasteiger partial charge is 0.506 e. The van der Waals surface area contributed by atoms with E-state index in [0.29, 0.717) is 34.0 Å². The van der Waals surface area contributed by atoms with Crippen LogP contribution in [-0.2, 0) is 0 Å². The number of fused-ring (bicyclic) bond motifs is 3. The van der Waals surface area contributed by atoms with Crippen LogP contribution in [0, 0.1) is 6.92 Å². The van der Waals surface area contributed by atoms with Crippen molar-refractivity contribution < 1.29 is 14.6 Å². The Bertz CT molecular complexity index is 1420. The van der Waals surface area contributed by atoms with Gasteiger partial charge in [0.2, 0.25) is 0 Å². The number of aryl methyl sites for hydroxylation is 1. The van der Waals surface area contributed by atoms with Crippen LogP contribution in [0.5, 0.6) is 28.7 Å². The lowest BCUT2D eigenvalue weighted by Crippen LogP contribution is -1.93. The fourth-order valence-electron chi connectivity index (χ4n) is 3.40. The lowest BCUT2D eigenvalue weighted by atomic mass is 10.1. The van der Waals surface area contributed by atoms with Crippen LogP contribution in [0.1, 0.15) is 5.56 Å². The minimum absolute atomic E-state index is 0.0270. The van der Waals surface area contributed by atoms with Crippen LogP contribution in [0.15, 0.2) is 79.1 Å². The summed E-state index contributed by atoms with van der Waals surface area (Å²) in [5.74, 6) is 2.51. The Hall–Kier alpha value is -4.32. The second-order valence-corrected chi connectivity index (χ2v) is 7.21. The minimum Gasteiger partial charge on any atom is -0.506 e. The molecule has 2 heterocycles. The molecule has 0 aliphatic heterocycles. The molecule has 2 aromatic heterocycles. The first kappa shape index (κ1) is 18.7. The third kappa shape index (κ3) is 3.55. The molecular formula is C25H19N3O3. The van der Waals surface area contributed by atoms with Gasteiger partial charge < -0.3 is 20.3 Å². The molecule has 5 aromatic rings. The minimum atomic E-state index is -0.0270. The molecule has 0 saturated carbocycles. The van der Waals surface area contributed by atoms with Crippen LogP contribution < -0.4 is 15.2 Å². The standard InChI is InChI=1S/C25H19N3O3/c1-15-2-4-16(5-3-15)30-22-10-12-27-24-18(22)7-8-19-23(11-13-28-25(19)24)31-17-6-9-20(26)21(29)14-17/h2-14,29H,26H2,1H3. The zero-order valence-corrected chi connectivity index (χ0v) is 16.7. The van der Waals surface area contributed by atoms with Crippen LogP contribution in [0.2, 0.25) is 0 Å². The summed E-state index contributed by atoms with van der Waals surface area (Å²) < 4.78 is 12.1. The summed E-state index contributed by atoms with van der Waals surface area (Å²) in [7, 11) is 0. The maximum absolute atomic E-state index is 9.86. The molecule has 0 amide bonds. The van der Waals surface area contributed by atoms with Crippen molar-refractivity contribution in [1.82, 2.24) is 9.97 Å². The van der Waals surface area contributed by atoms with Crippen LogP contribution >= 0.6 is 0 Å². The first-order chi connectivity index (χ1) is 15.1. The number of anilines is 1. The Balaban J connectivity index is 1.58. The number of nitrogen functional groups attached to an aromatic ring is 1. The van der Waals surface area contributed by atoms with Crippen molar-refractivity contribution in [2.75, 3.05) is 5.73 Å². The third-order valence-electron chi connectivity index (χ3n) is 5.02. The summed E-state index contributed by atoms with van der Waals surface area (Å²) >= 11 is 0. The van der Waals surface area contributed by atoms with Gasteiger partial charge in [0, 0.05) is 29.2 Å². The van der Waals surface area contributed by atoms with Crippen LogP contribution in [-0.4, -0.2) is 15.1 Å². The average Bonchev–Trinajstić information content (AvgIpc) is 2.78. The monoisotopic (exact) mass is 409 g/mol. The number of pyridine rings is 2. The van der Waals surface area contributed by atoms with Gasteiger partial charge in [-0.2, -0.15) is 0 Å². The second-order valence-electron chi connectivity index (χ2n) is 7.21. The van der Waals surface area contributed by atoms with E-state index in [9.17, 15) is 5.11 Å². The molecule has 31 heavy (non-hydrogen) atoms. The summed E-state index contributed by atoms with van der Waals surface area (Å²) in [6, 6.07) is 20.2. The first-order valence-electron chi connectivity index (χ1n) is 9.76. The molecule has 0 aliphatic rings. The molecule has 0 spiro atoms. The number of hydrogen-bond acceptors (Lipinski definition) is 6. The number of aromatic nitrogens is 2. The van der Waals surface area contributed by atoms with Crippen molar-refractivity contribution in [2.24, 2.45) is 0 Å². The van der Waals surface area contributed by atoms with Crippen molar-refractivity contribution in [3.63, 3.8) is 0 Å². The normalized spacial score (nSPS) is 11.0. The smallest absolute Gasteiger partial charge is 0.142 e. The van der Waals surface area contributed by atoms with Gasteiger partial charge in [-0.1, -0.05) is 17.7 Å². The lowest BCUT2D eigenvalue weighted by Gasteiger charge is -2.12. The summed E-state index contributed by atoms with van der Waals surface area (Å²) in [4.78, 5) is 9.08. The molecule has 5 rings (SSSR count). The zero-order valence-electron chi connectivity index (χ0n) is 16.7. The predicted octanol–water partition coefficient (Wildman–Crippen LogP) is 5.96. The highest BCUT2D eigenvalue weighted by molar-refractivity contribution is 6.06. The third-order valence-corrected chi connectivity index (χ3v) is 5.02. The highest BCUT2D eigenvalue weighted by Crippen LogP contribution is 2.37. The predicted molar refractivity (Wildman–Crippen MR) is 121 cm³/mol. The molecule has 152 valence electrons. The Morgan fingerprint density at radius 2 is 1.26 bits per heavy atom. The fourth-order valence-corrected chi connectivity index (χ4v) is 3.40. The van der Waals surface area contributed by atoms with Crippen molar-refractivity contribution in [1.29, 1.82) is 0 Å². The number of rotatable bonds is 4. The second kappa shape index (κ2) is 7.50. The van der Waals surface area contributed by atoms with Crippen LogP contribution in [0.25, 0.3) is 21.8 Å². The number of phenols is 1. The molecule has 0 saturated heterocycles. The number of hydrogen-bond donors (Lipinski definition) is 2. The summed E-state index contributed by atoms with van der Waals surface area (Å²) in [5, 5.41) is 11.5. The molecular weight excluding hydrogens is 390 g/mol. The maximum atomic E-state index is 9.86. The van der Waals surface area contributed by atoms with E-state index < -0.39 is 0 Å². The molecule has 0 unspecified atom stereocenters. The summed E-state index contributed by atoms with van der Waals surface area (Å²) in [5.41, 5.74) is 8.55. The Kier molecular flexibility index (Phi) is 4.52. The van der Waals surface area contributed by atoms with Crippen molar-refractivity contribution in [2.45, 2.75) is 6.92 Å². The zero-order chi connectivity index (χ0) is 21.4. The molecule has 0 radical (unpaired) electrons. The van der Waals surface area contributed by atoms with E-state index >= 15 is 0 Å². The lowest BCUT2D eigenvalue weighted by molar-refractivity contribution is 0.459. The van der Waals surface area contributed by atoms with Crippen molar-refractivity contribution >= 4 is 27.5 Å². The number of aromatic hydroxyl groups is 1. The topological polar surface area (TPSA) is 90.5 Å². The van der Waals surface area contributed by atoms with Gasteiger partial charge in [-0.05, 0) is 55.5 Å². The Morgan fingerprint density at radius 3 is 1.84 bits per heavy atom. The van der Waals surface area contributed by atoms with Gasteiger partial charge in [0.25, 0.3) is 0 Å². The van der Waals surface area contributed by atoms with Gasteiger partial charge in [0.1, 0.15) is 39.8 Å². The first-order valence-corrected chi connectivity index (χ1v) is 9.76. The van der Waals surface area contributed by atoms with Gasteiger partial charge in [0.05, 0.1) is 5.69 Å². The molecule has 6 nitrogen and oxygen atoms in total. The van der Waals surface area contributed by atoms with E-state index in [2.05, 4.69) is 9.97 Å².